The summed E-state index contributed by atoms with van der Waals surface area (Å²) in [7, 11) is -3.50. The molecular formula is C20H21FN2O2S. The number of piperidine rings is 1. The summed E-state index contributed by atoms with van der Waals surface area (Å²) in [5, 5.41) is 0.818. The van der Waals surface area contributed by atoms with E-state index in [0.717, 1.165) is 35.0 Å². The van der Waals surface area contributed by atoms with Gasteiger partial charge in [-0.25, -0.2) is 12.8 Å². The molecule has 26 heavy (non-hydrogen) atoms. The van der Waals surface area contributed by atoms with Crippen molar-refractivity contribution in [2.75, 3.05) is 13.1 Å². The van der Waals surface area contributed by atoms with Crippen molar-refractivity contribution in [2.24, 2.45) is 0 Å². The zero-order valence-electron chi connectivity index (χ0n) is 14.6. The molecule has 1 aliphatic rings. The largest absolute Gasteiger partial charge is 0.358 e. The van der Waals surface area contributed by atoms with Crippen LogP contribution in [0.4, 0.5) is 4.39 Å². The summed E-state index contributed by atoms with van der Waals surface area (Å²) >= 11 is 0. The highest BCUT2D eigenvalue weighted by Gasteiger charge is 2.31. The van der Waals surface area contributed by atoms with Gasteiger partial charge in [-0.3, -0.25) is 0 Å². The number of benzene rings is 2. The molecule has 1 unspecified atom stereocenters. The van der Waals surface area contributed by atoms with Crippen LogP contribution in [-0.2, 0) is 10.0 Å². The van der Waals surface area contributed by atoms with Crippen molar-refractivity contribution < 1.29 is 12.8 Å². The molecule has 1 atom stereocenters. The fourth-order valence-electron chi connectivity index (χ4n) is 3.69. The fourth-order valence-corrected chi connectivity index (χ4v) is 5.31. The van der Waals surface area contributed by atoms with E-state index in [0.29, 0.717) is 18.0 Å². The minimum absolute atomic E-state index is 0.0822. The number of aromatic nitrogens is 1. The molecule has 1 aliphatic heterocycles. The number of fused-ring (bicyclic) bond motifs is 1. The summed E-state index contributed by atoms with van der Waals surface area (Å²) in [5.74, 6) is -0.186. The molecule has 0 bridgehead atoms. The highest BCUT2D eigenvalue weighted by Crippen LogP contribution is 2.32. The number of halogens is 1. The number of aromatic amines is 1. The van der Waals surface area contributed by atoms with Gasteiger partial charge in [0.05, 0.1) is 4.90 Å². The predicted octanol–water partition coefficient (Wildman–Crippen LogP) is 4.18. The number of rotatable bonds is 3. The standard InChI is InChI=1S/C20H21FN2O2S/c1-14-4-2-6-18(10-14)26(24,25)23-9-3-5-15(13-23)20-12-16-11-17(21)7-8-19(16)22-20/h2,4,6-8,10-12,15,22H,3,5,9,13H2,1H3. The zero-order valence-corrected chi connectivity index (χ0v) is 15.4. The first-order chi connectivity index (χ1) is 12.4. The molecule has 4 nitrogen and oxygen atoms in total. The van der Waals surface area contributed by atoms with E-state index in [1.807, 2.05) is 19.1 Å². The van der Waals surface area contributed by atoms with E-state index >= 15 is 0 Å². The number of H-pyrrole nitrogens is 1. The summed E-state index contributed by atoms with van der Waals surface area (Å²) in [5.41, 5.74) is 2.77. The molecule has 6 heteroatoms. The van der Waals surface area contributed by atoms with Crippen LogP contribution in [0.5, 0.6) is 0 Å². The summed E-state index contributed by atoms with van der Waals surface area (Å²) in [4.78, 5) is 3.67. The Labute approximate surface area is 152 Å². The first-order valence-electron chi connectivity index (χ1n) is 8.78. The molecule has 3 aromatic rings. The van der Waals surface area contributed by atoms with E-state index < -0.39 is 10.0 Å². The van der Waals surface area contributed by atoms with Gasteiger partial charge in [-0.1, -0.05) is 12.1 Å². The molecule has 0 aliphatic carbocycles. The van der Waals surface area contributed by atoms with Crippen molar-refractivity contribution in [3.05, 3.63) is 65.6 Å². The molecule has 4 rings (SSSR count). The van der Waals surface area contributed by atoms with E-state index in [9.17, 15) is 12.8 Å². The van der Waals surface area contributed by atoms with Crippen LogP contribution in [0, 0.1) is 12.7 Å². The van der Waals surface area contributed by atoms with Crippen molar-refractivity contribution in [1.29, 1.82) is 0 Å². The topological polar surface area (TPSA) is 53.2 Å². The van der Waals surface area contributed by atoms with Gasteiger partial charge in [0.25, 0.3) is 0 Å². The van der Waals surface area contributed by atoms with Crippen LogP contribution in [0.15, 0.2) is 53.4 Å². The van der Waals surface area contributed by atoms with Gasteiger partial charge in [0.2, 0.25) is 10.0 Å². The minimum Gasteiger partial charge on any atom is -0.358 e. The highest BCUT2D eigenvalue weighted by molar-refractivity contribution is 7.89. The summed E-state index contributed by atoms with van der Waals surface area (Å²) in [6.07, 6.45) is 1.72. The van der Waals surface area contributed by atoms with Crippen LogP contribution < -0.4 is 0 Å². The third-order valence-corrected chi connectivity index (χ3v) is 6.92. The molecule has 2 heterocycles. The first kappa shape index (κ1) is 17.2. The van der Waals surface area contributed by atoms with Crippen molar-refractivity contribution in [1.82, 2.24) is 9.29 Å². The number of sulfonamides is 1. The van der Waals surface area contributed by atoms with Gasteiger partial charge in [-0.15, -0.1) is 0 Å². The molecule has 2 aromatic carbocycles. The maximum atomic E-state index is 13.4. The van der Waals surface area contributed by atoms with Crippen LogP contribution in [0.2, 0.25) is 0 Å². The van der Waals surface area contributed by atoms with Gasteiger partial charge in [-0.05, 0) is 61.7 Å². The van der Waals surface area contributed by atoms with E-state index in [-0.39, 0.29) is 11.7 Å². The van der Waals surface area contributed by atoms with Crippen LogP contribution >= 0.6 is 0 Å². The Balaban J connectivity index is 1.62. The number of nitrogens with zero attached hydrogens (tertiary/aromatic N) is 1. The maximum absolute atomic E-state index is 13.4. The number of hydrogen-bond donors (Lipinski definition) is 1. The van der Waals surface area contributed by atoms with Crippen LogP contribution in [-0.4, -0.2) is 30.8 Å². The zero-order chi connectivity index (χ0) is 18.3. The lowest BCUT2D eigenvalue weighted by molar-refractivity contribution is 0.313. The van der Waals surface area contributed by atoms with Crippen LogP contribution in [0.3, 0.4) is 0 Å². The van der Waals surface area contributed by atoms with Gasteiger partial charge in [-0.2, -0.15) is 4.31 Å². The second-order valence-electron chi connectivity index (χ2n) is 6.97. The molecule has 0 amide bonds. The SMILES string of the molecule is Cc1cccc(S(=O)(=O)N2CCCC(c3cc4cc(F)ccc4[nH]3)C2)c1. The summed E-state index contributed by atoms with van der Waals surface area (Å²) in [6, 6.07) is 13.6. The monoisotopic (exact) mass is 372 g/mol. The smallest absolute Gasteiger partial charge is 0.243 e. The number of aryl methyl sites for hydroxylation is 1. The van der Waals surface area contributed by atoms with Crippen molar-refractivity contribution in [3.8, 4) is 0 Å². The minimum atomic E-state index is -3.50. The van der Waals surface area contributed by atoms with E-state index in [1.54, 1.807) is 28.6 Å². The van der Waals surface area contributed by atoms with E-state index in [1.165, 1.54) is 12.1 Å². The second-order valence-corrected chi connectivity index (χ2v) is 8.91. The lowest BCUT2D eigenvalue weighted by Crippen LogP contribution is -2.39. The Hall–Kier alpha value is -2.18. The third-order valence-electron chi connectivity index (χ3n) is 5.05. The maximum Gasteiger partial charge on any atom is 0.243 e. The fraction of sp³-hybridized carbons (Fsp3) is 0.300. The van der Waals surface area contributed by atoms with Gasteiger partial charge in [0, 0.05) is 35.6 Å². The molecule has 0 saturated carbocycles. The molecule has 1 aromatic heterocycles. The van der Waals surface area contributed by atoms with E-state index in [4.69, 9.17) is 0 Å². The molecule has 0 spiro atoms. The first-order valence-corrected chi connectivity index (χ1v) is 10.2. The highest BCUT2D eigenvalue weighted by atomic mass is 32.2. The number of nitrogens with one attached hydrogen (secondary N) is 1. The average molecular weight is 372 g/mol. The summed E-state index contributed by atoms with van der Waals surface area (Å²) < 4.78 is 41.0. The molecule has 0 radical (unpaired) electrons. The molecular weight excluding hydrogens is 351 g/mol. The van der Waals surface area contributed by atoms with Gasteiger partial charge in [0.1, 0.15) is 5.82 Å². The predicted molar refractivity (Wildman–Crippen MR) is 100 cm³/mol. The van der Waals surface area contributed by atoms with E-state index in [2.05, 4.69) is 4.98 Å². The molecule has 1 fully saturated rings. The lowest BCUT2D eigenvalue weighted by Gasteiger charge is -2.31. The van der Waals surface area contributed by atoms with Crippen molar-refractivity contribution in [3.63, 3.8) is 0 Å². The summed E-state index contributed by atoms with van der Waals surface area (Å²) in [6.45, 7) is 2.86. The molecule has 136 valence electrons. The Morgan fingerprint density at radius 2 is 2.00 bits per heavy atom. The van der Waals surface area contributed by atoms with Gasteiger partial charge >= 0.3 is 0 Å². The normalized spacial score (nSPS) is 19.1. The van der Waals surface area contributed by atoms with Crippen molar-refractivity contribution in [2.45, 2.75) is 30.6 Å². The third kappa shape index (κ3) is 3.15. The van der Waals surface area contributed by atoms with Crippen LogP contribution in [0.25, 0.3) is 10.9 Å². The van der Waals surface area contributed by atoms with Gasteiger partial charge < -0.3 is 4.98 Å². The molecule has 1 saturated heterocycles. The second kappa shape index (κ2) is 6.52. The number of hydrogen-bond acceptors (Lipinski definition) is 2. The van der Waals surface area contributed by atoms with Crippen molar-refractivity contribution >= 4 is 20.9 Å². The Morgan fingerprint density at radius 3 is 2.81 bits per heavy atom. The quantitative estimate of drug-likeness (QED) is 0.750. The Morgan fingerprint density at radius 1 is 1.15 bits per heavy atom. The van der Waals surface area contributed by atoms with Crippen LogP contribution in [0.1, 0.15) is 30.0 Å². The lowest BCUT2D eigenvalue weighted by atomic mass is 9.96. The Bertz CT molecular complexity index is 1060. The van der Waals surface area contributed by atoms with Gasteiger partial charge in [0.15, 0.2) is 0 Å². The average Bonchev–Trinajstić information content (AvgIpc) is 3.05. The molecule has 1 N–H and O–H groups in total. The Kier molecular flexibility index (Phi) is 4.32.